The molecule has 0 bridgehead atoms. The molecule has 0 amide bonds. The fraction of sp³-hybridized carbons (Fsp3) is 0.760. The molecule has 3 atom stereocenters. The molecule has 0 fully saturated rings. The number of hydrogen-bond acceptors (Lipinski definition) is 9. The number of carbonyl (C=O) groups is 2. The van der Waals surface area contributed by atoms with Crippen molar-refractivity contribution in [2.45, 2.75) is 200 Å². The molecule has 62 heavy (non-hydrogen) atoms. The van der Waals surface area contributed by atoms with Gasteiger partial charge >= 0.3 is 19.8 Å². The van der Waals surface area contributed by atoms with Crippen LogP contribution in [-0.4, -0.2) is 86.1 Å². The number of furan rings is 1. The van der Waals surface area contributed by atoms with Gasteiger partial charge in [0.05, 0.1) is 33.9 Å². The number of aryl methyl sites for hydroxylation is 2. The van der Waals surface area contributed by atoms with Crippen LogP contribution in [0.1, 0.15) is 184 Å². The number of phosphoric acid groups is 1. The molecule has 0 spiro atoms. The number of aliphatic hydroxyl groups is 1. The number of unbranched alkanes of at least 4 members (excludes halogenated alkanes) is 16. The number of nitrogens with zero attached hydrogens (tertiary/aromatic N) is 1. The van der Waals surface area contributed by atoms with E-state index in [9.17, 15) is 24.2 Å². The number of quaternary nitrogens is 1. The Kier molecular flexibility index (Phi) is 33.2. The number of rotatable bonds is 40. The summed E-state index contributed by atoms with van der Waals surface area (Å²) in [4.78, 5) is 35.5. The zero-order valence-electron chi connectivity index (χ0n) is 40.2. The molecule has 0 saturated heterocycles. The number of allylic oxidation sites excluding steroid dienone is 4. The van der Waals surface area contributed by atoms with Crippen molar-refractivity contribution in [1.82, 2.24) is 0 Å². The Hall–Kier alpha value is -2.53. The van der Waals surface area contributed by atoms with Gasteiger partial charge in [-0.1, -0.05) is 134 Å². The van der Waals surface area contributed by atoms with Crippen molar-refractivity contribution < 1.29 is 51.6 Å². The molecular weight excluding hydrogens is 806 g/mol. The zero-order chi connectivity index (χ0) is 45.9. The highest BCUT2D eigenvalue weighted by Crippen LogP contribution is 2.43. The lowest BCUT2D eigenvalue weighted by molar-refractivity contribution is -0.870. The average molecular weight is 895 g/mol. The molecule has 2 unspecified atom stereocenters. The third kappa shape index (κ3) is 32.2. The highest BCUT2D eigenvalue weighted by atomic mass is 31.2. The van der Waals surface area contributed by atoms with Crippen LogP contribution in [0, 0.1) is 13.8 Å². The van der Waals surface area contributed by atoms with Crippen LogP contribution < -0.4 is 0 Å². The SMILES string of the molecule is CC/C=C/CC(O)/C=C/C=C/CCCCCCCC(=O)O[C@H](COC(=O)CCCCCCCCCCCCc1oc(CCCCC)c(C)c1C)COP(=O)(O)OCC[N+](C)(C)C. The molecule has 0 aliphatic carbocycles. The minimum absolute atomic E-state index is 0.0120. The zero-order valence-corrected chi connectivity index (χ0v) is 41.1. The summed E-state index contributed by atoms with van der Waals surface area (Å²) >= 11 is 0. The summed E-state index contributed by atoms with van der Waals surface area (Å²) in [5, 5.41) is 9.91. The van der Waals surface area contributed by atoms with Gasteiger partial charge in [0.1, 0.15) is 31.3 Å². The Morgan fingerprint density at radius 2 is 1.24 bits per heavy atom. The molecule has 0 aliphatic heterocycles. The number of phosphoric ester groups is 1. The Bertz CT molecular complexity index is 1450. The maximum atomic E-state index is 12.7. The van der Waals surface area contributed by atoms with Gasteiger partial charge in [0.15, 0.2) is 6.10 Å². The van der Waals surface area contributed by atoms with Gasteiger partial charge in [-0.25, -0.2) is 4.57 Å². The van der Waals surface area contributed by atoms with Crippen molar-refractivity contribution in [3.63, 3.8) is 0 Å². The third-order valence-electron chi connectivity index (χ3n) is 11.0. The second kappa shape index (κ2) is 35.8. The molecule has 0 aliphatic rings. The summed E-state index contributed by atoms with van der Waals surface area (Å²) in [6.07, 6.45) is 34.8. The van der Waals surface area contributed by atoms with E-state index in [0.717, 1.165) is 70.6 Å². The summed E-state index contributed by atoms with van der Waals surface area (Å²) < 4.78 is 40.6. The molecule has 1 aromatic heterocycles. The Morgan fingerprint density at radius 1 is 0.694 bits per heavy atom. The third-order valence-corrected chi connectivity index (χ3v) is 12.0. The second-order valence-corrected chi connectivity index (χ2v) is 19.4. The molecule has 0 saturated carbocycles. The van der Waals surface area contributed by atoms with Gasteiger partial charge in [-0.15, -0.1) is 0 Å². The van der Waals surface area contributed by atoms with E-state index >= 15 is 0 Å². The van der Waals surface area contributed by atoms with E-state index in [4.69, 9.17) is 22.9 Å². The van der Waals surface area contributed by atoms with Crippen LogP contribution in [0.5, 0.6) is 0 Å². The van der Waals surface area contributed by atoms with Crippen LogP contribution in [0.2, 0.25) is 0 Å². The predicted octanol–water partition coefficient (Wildman–Crippen LogP) is 12.3. The van der Waals surface area contributed by atoms with E-state index in [-0.39, 0.29) is 26.1 Å². The number of carbonyl (C=O) groups excluding carboxylic acids is 2. The summed E-state index contributed by atoms with van der Waals surface area (Å²) in [6.45, 7) is 8.51. The van der Waals surface area contributed by atoms with Crippen molar-refractivity contribution in [1.29, 1.82) is 0 Å². The van der Waals surface area contributed by atoms with Crippen molar-refractivity contribution in [2.24, 2.45) is 0 Å². The molecule has 1 heterocycles. The van der Waals surface area contributed by atoms with Crippen LogP contribution in [0.3, 0.4) is 0 Å². The van der Waals surface area contributed by atoms with Gasteiger partial charge in [-0.2, -0.15) is 0 Å². The van der Waals surface area contributed by atoms with E-state index < -0.39 is 38.6 Å². The van der Waals surface area contributed by atoms with Gasteiger partial charge < -0.3 is 28.4 Å². The number of ether oxygens (including phenoxy) is 2. The summed E-state index contributed by atoms with van der Waals surface area (Å²) in [6, 6.07) is 0. The highest BCUT2D eigenvalue weighted by molar-refractivity contribution is 7.47. The lowest BCUT2D eigenvalue weighted by Gasteiger charge is -2.24. The summed E-state index contributed by atoms with van der Waals surface area (Å²) in [7, 11) is 1.41. The van der Waals surface area contributed by atoms with E-state index in [1.807, 2.05) is 45.4 Å². The van der Waals surface area contributed by atoms with Crippen LogP contribution in [-0.2, 0) is 45.5 Å². The van der Waals surface area contributed by atoms with Crippen LogP contribution in [0.25, 0.3) is 0 Å². The smallest absolute Gasteiger partial charge is 0.466 e. The topological polar surface area (TPSA) is 142 Å². The molecule has 358 valence electrons. The molecule has 0 aromatic carbocycles. The van der Waals surface area contributed by atoms with Crippen LogP contribution in [0.4, 0.5) is 0 Å². The first kappa shape index (κ1) is 57.5. The lowest BCUT2D eigenvalue weighted by atomic mass is 10.0. The number of likely N-dealkylation sites (N-methyl/N-ethyl adjacent to an activating group) is 1. The number of esters is 2. The monoisotopic (exact) mass is 895 g/mol. The Balaban J connectivity index is 2.32. The minimum atomic E-state index is -4.41. The molecular formula is C50H89NO10P+. The van der Waals surface area contributed by atoms with Gasteiger partial charge in [0.2, 0.25) is 0 Å². The first-order chi connectivity index (χ1) is 29.7. The van der Waals surface area contributed by atoms with E-state index in [2.05, 4.69) is 33.8 Å². The van der Waals surface area contributed by atoms with Crippen molar-refractivity contribution in [2.75, 3.05) is 47.5 Å². The number of aliphatic hydroxyl groups excluding tert-OH is 1. The standard InChI is InChI=1S/C50H88NO10P/c1-8-10-27-33-45(52)34-29-23-19-15-14-18-22-26-32-38-50(54)60-46(42-59-62(55,56)58-40-39-51(5,6)7)41-57-49(53)37-31-25-21-17-13-12-16-20-24-30-36-48-44(4)43(3)47(61-48)35-28-11-9-2/h10,19,23,27,29,34,45-46,52H,8-9,11-18,20-22,24-26,28,30-33,35-42H2,1-7H3/p+1/b23-19+,27-10+,34-29+/t45?,46-/m1/s1. The lowest BCUT2D eigenvalue weighted by Crippen LogP contribution is -2.37. The molecule has 11 nitrogen and oxygen atoms in total. The molecule has 1 aromatic rings. The number of hydrogen-bond donors (Lipinski definition) is 2. The molecule has 2 N–H and O–H groups in total. The van der Waals surface area contributed by atoms with Crippen LogP contribution >= 0.6 is 7.82 Å². The van der Waals surface area contributed by atoms with Gasteiger partial charge in [-0.05, 0) is 76.3 Å². The summed E-state index contributed by atoms with van der Waals surface area (Å²) in [5.74, 6) is 1.51. The fourth-order valence-corrected chi connectivity index (χ4v) is 7.62. The van der Waals surface area contributed by atoms with Crippen LogP contribution in [0.15, 0.2) is 40.9 Å². The van der Waals surface area contributed by atoms with Gasteiger partial charge in [-0.3, -0.25) is 18.6 Å². The van der Waals surface area contributed by atoms with Crippen molar-refractivity contribution >= 4 is 19.8 Å². The average Bonchev–Trinajstić information content (AvgIpc) is 3.48. The highest BCUT2D eigenvalue weighted by Gasteiger charge is 2.27. The Labute approximate surface area is 377 Å². The maximum absolute atomic E-state index is 12.7. The van der Waals surface area contributed by atoms with Gasteiger partial charge in [0.25, 0.3) is 0 Å². The van der Waals surface area contributed by atoms with E-state index in [1.165, 1.54) is 80.4 Å². The second-order valence-electron chi connectivity index (χ2n) is 17.9. The minimum Gasteiger partial charge on any atom is -0.466 e. The first-order valence-corrected chi connectivity index (χ1v) is 25.7. The maximum Gasteiger partial charge on any atom is 0.472 e. The van der Waals surface area contributed by atoms with Gasteiger partial charge in [0, 0.05) is 25.7 Å². The van der Waals surface area contributed by atoms with E-state index in [1.54, 1.807) is 6.08 Å². The molecule has 0 radical (unpaired) electrons. The Morgan fingerprint density at radius 3 is 1.82 bits per heavy atom. The molecule has 12 heteroatoms. The quantitative estimate of drug-likeness (QED) is 0.0163. The van der Waals surface area contributed by atoms with E-state index in [0.29, 0.717) is 30.3 Å². The fourth-order valence-electron chi connectivity index (χ4n) is 6.88. The van der Waals surface area contributed by atoms with Crippen molar-refractivity contribution in [3.05, 3.63) is 59.1 Å². The molecule has 1 rings (SSSR count). The van der Waals surface area contributed by atoms with Crippen molar-refractivity contribution in [3.8, 4) is 0 Å². The predicted molar refractivity (Wildman–Crippen MR) is 252 cm³/mol. The summed E-state index contributed by atoms with van der Waals surface area (Å²) in [5.41, 5.74) is 2.69. The largest absolute Gasteiger partial charge is 0.472 e. The normalized spacial score (nSPS) is 14.3. The first-order valence-electron chi connectivity index (χ1n) is 24.2.